The van der Waals surface area contributed by atoms with Crippen molar-refractivity contribution in [3.8, 4) is 0 Å². The summed E-state index contributed by atoms with van der Waals surface area (Å²) in [7, 11) is 0. The first-order valence-electron chi connectivity index (χ1n) is 6.91. The van der Waals surface area contributed by atoms with Crippen molar-refractivity contribution < 1.29 is 13.8 Å². The molecule has 1 saturated carbocycles. The Labute approximate surface area is 125 Å². The van der Waals surface area contributed by atoms with Crippen molar-refractivity contribution in [2.45, 2.75) is 49.0 Å². The van der Waals surface area contributed by atoms with Crippen LogP contribution in [-0.2, 0) is 5.75 Å². The van der Waals surface area contributed by atoms with E-state index in [9.17, 15) is 10.1 Å². The molecular formula is C13H15N3O4S. The van der Waals surface area contributed by atoms with Crippen molar-refractivity contribution >= 4 is 17.6 Å². The minimum Gasteiger partial charge on any atom is -0.416 e. The normalized spacial score (nSPS) is 16.2. The standard InChI is InChI=1S/C13H15N3O4S/c17-16(18)11-7-6-10(19-11)8-21-13-15-14-12(20-13)9-4-2-1-3-5-9/h6-7,9H,1-5,8H2. The van der Waals surface area contributed by atoms with Crippen molar-refractivity contribution in [1.29, 1.82) is 0 Å². The number of rotatable bonds is 5. The Morgan fingerprint density at radius 2 is 2.05 bits per heavy atom. The predicted octanol–water partition coefficient (Wildman–Crippen LogP) is 3.91. The van der Waals surface area contributed by atoms with Crippen LogP contribution in [0.2, 0.25) is 0 Å². The first-order valence-corrected chi connectivity index (χ1v) is 7.90. The Balaban J connectivity index is 1.57. The third-order valence-corrected chi connectivity index (χ3v) is 4.38. The molecule has 0 aromatic carbocycles. The fourth-order valence-corrected chi connectivity index (χ4v) is 3.13. The van der Waals surface area contributed by atoms with E-state index < -0.39 is 4.92 Å². The number of nitrogens with zero attached hydrogens (tertiary/aromatic N) is 3. The molecule has 0 aliphatic heterocycles. The molecule has 0 amide bonds. The minimum absolute atomic E-state index is 0.251. The molecule has 0 N–H and O–H groups in total. The largest absolute Gasteiger partial charge is 0.433 e. The van der Waals surface area contributed by atoms with Gasteiger partial charge in [-0.05, 0) is 18.9 Å². The number of furan rings is 1. The van der Waals surface area contributed by atoms with E-state index in [0.29, 0.717) is 28.5 Å². The average Bonchev–Trinajstić information content (AvgIpc) is 3.15. The first kappa shape index (κ1) is 14.1. The summed E-state index contributed by atoms with van der Waals surface area (Å²) < 4.78 is 10.7. The number of hydrogen-bond acceptors (Lipinski definition) is 7. The van der Waals surface area contributed by atoms with Crippen LogP contribution in [0.5, 0.6) is 0 Å². The van der Waals surface area contributed by atoms with E-state index in [1.807, 2.05) is 0 Å². The van der Waals surface area contributed by atoms with Crippen LogP contribution < -0.4 is 0 Å². The second-order valence-corrected chi connectivity index (χ2v) is 5.95. The quantitative estimate of drug-likeness (QED) is 0.469. The van der Waals surface area contributed by atoms with Crippen LogP contribution in [-0.4, -0.2) is 15.1 Å². The average molecular weight is 309 g/mol. The van der Waals surface area contributed by atoms with Gasteiger partial charge in [0, 0.05) is 5.92 Å². The third kappa shape index (κ3) is 3.44. The monoisotopic (exact) mass is 309 g/mol. The molecule has 7 nitrogen and oxygen atoms in total. The molecule has 8 heteroatoms. The van der Waals surface area contributed by atoms with E-state index in [2.05, 4.69) is 10.2 Å². The lowest BCUT2D eigenvalue weighted by Crippen LogP contribution is -2.04. The highest BCUT2D eigenvalue weighted by Crippen LogP contribution is 2.33. The molecule has 0 bridgehead atoms. The summed E-state index contributed by atoms with van der Waals surface area (Å²) in [5.41, 5.74) is 0. The third-order valence-electron chi connectivity index (χ3n) is 3.54. The van der Waals surface area contributed by atoms with Gasteiger partial charge in [-0.3, -0.25) is 10.1 Å². The topological polar surface area (TPSA) is 95.2 Å². The summed E-state index contributed by atoms with van der Waals surface area (Å²) >= 11 is 1.33. The number of nitro groups is 1. The molecule has 112 valence electrons. The van der Waals surface area contributed by atoms with E-state index >= 15 is 0 Å². The molecule has 0 saturated heterocycles. The molecule has 0 spiro atoms. The van der Waals surface area contributed by atoms with Gasteiger partial charge in [-0.2, -0.15) is 0 Å². The molecule has 0 unspecified atom stereocenters. The molecule has 21 heavy (non-hydrogen) atoms. The van der Waals surface area contributed by atoms with Gasteiger partial charge in [0.15, 0.2) is 0 Å². The molecular weight excluding hydrogens is 294 g/mol. The number of thioether (sulfide) groups is 1. The lowest BCUT2D eigenvalue weighted by Gasteiger charge is -2.17. The molecule has 1 aliphatic carbocycles. The van der Waals surface area contributed by atoms with E-state index in [1.165, 1.54) is 37.1 Å². The molecule has 2 heterocycles. The first-order chi connectivity index (χ1) is 10.2. The van der Waals surface area contributed by atoms with Gasteiger partial charge in [-0.15, -0.1) is 10.2 Å². The maximum absolute atomic E-state index is 10.5. The van der Waals surface area contributed by atoms with Crippen molar-refractivity contribution in [1.82, 2.24) is 10.2 Å². The molecule has 0 atom stereocenters. The zero-order valence-electron chi connectivity index (χ0n) is 11.4. The molecule has 2 aromatic heterocycles. The summed E-state index contributed by atoms with van der Waals surface area (Å²) in [4.78, 5) is 9.98. The fraction of sp³-hybridized carbons (Fsp3) is 0.538. The highest BCUT2D eigenvalue weighted by molar-refractivity contribution is 7.98. The van der Waals surface area contributed by atoms with E-state index in [0.717, 1.165) is 12.8 Å². The van der Waals surface area contributed by atoms with E-state index in [4.69, 9.17) is 8.83 Å². The van der Waals surface area contributed by atoms with Gasteiger partial charge >= 0.3 is 5.88 Å². The summed E-state index contributed by atoms with van der Waals surface area (Å²) in [6.45, 7) is 0. The van der Waals surface area contributed by atoms with Crippen LogP contribution in [0.3, 0.4) is 0 Å². The highest BCUT2D eigenvalue weighted by atomic mass is 32.2. The fourth-order valence-electron chi connectivity index (χ4n) is 2.47. The van der Waals surface area contributed by atoms with Crippen LogP contribution in [0.1, 0.15) is 49.7 Å². The molecule has 3 rings (SSSR count). The second kappa shape index (κ2) is 6.30. The smallest absolute Gasteiger partial charge is 0.416 e. The van der Waals surface area contributed by atoms with Gasteiger partial charge in [0.2, 0.25) is 5.89 Å². The zero-order chi connectivity index (χ0) is 14.7. The van der Waals surface area contributed by atoms with Crippen molar-refractivity contribution in [3.05, 3.63) is 33.9 Å². The van der Waals surface area contributed by atoms with Crippen LogP contribution in [0, 0.1) is 10.1 Å². The Hall–Kier alpha value is -1.83. The summed E-state index contributed by atoms with van der Waals surface area (Å²) in [6, 6.07) is 2.93. The van der Waals surface area contributed by atoms with Crippen LogP contribution >= 0.6 is 11.8 Å². The lowest BCUT2D eigenvalue weighted by molar-refractivity contribution is -0.402. The van der Waals surface area contributed by atoms with Gasteiger partial charge in [-0.25, -0.2) is 0 Å². The predicted molar refractivity (Wildman–Crippen MR) is 75.0 cm³/mol. The summed E-state index contributed by atoms with van der Waals surface area (Å²) in [5.74, 6) is 1.79. The van der Waals surface area contributed by atoms with Gasteiger partial charge in [0.05, 0.1) is 11.8 Å². The Morgan fingerprint density at radius 3 is 2.76 bits per heavy atom. The van der Waals surface area contributed by atoms with Crippen LogP contribution in [0.25, 0.3) is 0 Å². The SMILES string of the molecule is O=[N+]([O-])c1ccc(CSc2nnc(C3CCCCC3)o2)o1. The Bertz CT molecular complexity index is 618. The molecule has 2 aromatic rings. The highest BCUT2D eigenvalue weighted by Gasteiger charge is 2.21. The van der Waals surface area contributed by atoms with Crippen molar-refractivity contribution in [2.75, 3.05) is 0 Å². The lowest BCUT2D eigenvalue weighted by atomic mass is 9.89. The molecule has 0 radical (unpaired) electrons. The van der Waals surface area contributed by atoms with Crippen LogP contribution in [0.4, 0.5) is 5.88 Å². The van der Waals surface area contributed by atoms with Crippen LogP contribution in [0.15, 0.2) is 26.2 Å². The van der Waals surface area contributed by atoms with Crippen molar-refractivity contribution in [3.63, 3.8) is 0 Å². The molecule has 1 aliphatic rings. The zero-order valence-corrected chi connectivity index (χ0v) is 12.2. The van der Waals surface area contributed by atoms with Gasteiger partial charge < -0.3 is 8.83 Å². The maximum atomic E-state index is 10.5. The number of aromatic nitrogens is 2. The van der Waals surface area contributed by atoms with Gasteiger partial charge in [-0.1, -0.05) is 31.0 Å². The summed E-state index contributed by atoms with van der Waals surface area (Å²) in [6.07, 6.45) is 5.92. The Morgan fingerprint density at radius 1 is 1.24 bits per heavy atom. The van der Waals surface area contributed by atoms with E-state index in [-0.39, 0.29) is 5.88 Å². The number of hydrogen-bond donors (Lipinski definition) is 0. The maximum Gasteiger partial charge on any atom is 0.433 e. The minimum atomic E-state index is -0.554. The second-order valence-electron chi connectivity index (χ2n) is 5.03. The Kier molecular flexibility index (Phi) is 4.23. The van der Waals surface area contributed by atoms with Crippen molar-refractivity contribution in [2.24, 2.45) is 0 Å². The summed E-state index contributed by atoms with van der Waals surface area (Å²) in [5, 5.41) is 19.1. The van der Waals surface area contributed by atoms with Gasteiger partial charge in [0.25, 0.3) is 5.22 Å². The van der Waals surface area contributed by atoms with E-state index in [1.54, 1.807) is 6.07 Å². The molecule has 1 fully saturated rings. The van der Waals surface area contributed by atoms with Gasteiger partial charge in [0.1, 0.15) is 10.7 Å².